The highest BCUT2D eigenvalue weighted by Crippen LogP contribution is 2.07. The van der Waals surface area contributed by atoms with Crippen molar-refractivity contribution in [3.05, 3.63) is 65.5 Å². The summed E-state index contributed by atoms with van der Waals surface area (Å²) in [5, 5.41) is 11.6. The van der Waals surface area contributed by atoms with Crippen molar-refractivity contribution < 1.29 is 14.7 Å². The molecule has 6 heteroatoms. The molecule has 0 aliphatic heterocycles. The van der Waals surface area contributed by atoms with Crippen molar-refractivity contribution in [1.82, 2.24) is 10.3 Å². The lowest BCUT2D eigenvalue weighted by Gasteiger charge is -2.08. The van der Waals surface area contributed by atoms with E-state index in [-0.39, 0.29) is 12.3 Å². The van der Waals surface area contributed by atoms with Crippen molar-refractivity contribution in [1.29, 1.82) is 0 Å². The van der Waals surface area contributed by atoms with Crippen molar-refractivity contribution in [2.45, 2.75) is 19.0 Å². The first-order valence-electron chi connectivity index (χ1n) is 6.80. The number of carbonyl (C=O) groups excluding carboxylic acids is 1. The van der Waals surface area contributed by atoms with Gasteiger partial charge >= 0.3 is 5.97 Å². The molecule has 1 aromatic heterocycles. The van der Waals surface area contributed by atoms with E-state index in [4.69, 9.17) is 10.8 Å². The maximum Gasteiger partial charge on any atom is 0.320 e. The van der Waals surface area contributed by atoms with Gasteiger partial charge in [0.05, 0.1) is 5.56 Å². The molecule has 1 amide bonds. The lowest BCUT2D eigenvalue weighted by molar-refractivity contribution is -0.138. The molecule has 0 fully saturated rings. The van der Waals surface area contributed by atoms with E-state index in [2.05, 4.69) is 10.3 Å². The maximum atomic E-state index is 11.9. The smallest absolute Gasteiger partial charge is 0.320 e. The number of hydrogen-bond acceptors (Lipinski definition) is 4. The van der Waals surface area contributed by atoms with Gasteiger partial charge in [-0.05, 0) is 29.7 Å². The summed E-state index contributed by atoms with van der Waals surface area (Å²) >= 11 is 0. The Hall–Kier alpha value is -2.73. The van der Waals surface area contributed by atoms with Crippen LogP contribution in [0.2, 0.25) is 0 Å². The monoisotopic (exact) mass is 299 g/mol. The van der Waals surface area contributed by atoms with Crippen LogP contribution >= 0.6 is 0 Å². The minimum atomic E-state index is -1.02. The molecule has 2 rings (SSSR count). The first kappa shape index (κ1) is 15.7. The fourth-order valence-corrected chi connectivity index (χ4v) is 1.92. The Morgan fingerprint density at radius 2 is 1.86 bits per heavy atom. The zero-order chi connectivity index (χ0) is 15.9. The summed E-state index contributed by atoms with van der Waals surface area (Å²) < 4.78 is 0. The highest BCUT2D eigenvalue weighted by molar-refractivity contribution is 5.93. The largest absolute Gasteiger partial charge is 0.480 e. The molecule has 0 saturated heterocycles. The average Bonchev–Trinajstić information content (AvgIpc) is 2.54. The summed E-state index contributed by atoms with van der Waals surface area (Å²) in [6, 6.07) is 9.80. The number of benzene rings is 1. The van der Waals surface area contributed by atoms with E-state index >= 15 is 0 Å². The quantitative estimate of drug-likeness (QED) is 0.737. The highest BCUT2D eigenvalue weighted by Gasteiger charge is 2.11. The average molecular weight is 299 g/mol. The van der Waals surface area contributed by atoms with Crippen LogP contribution in [0.25, 0.3) is 0 Å². The van der Waals surface area contributed by atoms with Crippen LogP contribution in [-0.2, 0) is 17.8 Å². The molecule has 1 atom stereocenters. The van der Waals surface area contributed by atoms with Crippen LogP contribution in [0, 0.1) is 0 Å². The third-order valence-electron chi connectivity index (χ3n) is 3.17. The maximum absolute atomic E-state index is 11.9. The fourth-order valence-electron chi connectivity index (χ4n) is 1.92. The third kappa shape index (κ3) is 4.39. The molecule has 2 aromatic rings. The molecule has 114 valence electrons. The SMILES string of the molecule is NC(Cc1ccc(CNC(=O)c2cccnc2)cc1)C(=O)O. The van der Waals surface area contributed by atoms with Crippen molar-refractivity contribution in [2.24, 2.45) is 5.73 Å². The number of carboxylic acids is 1. The molecule has 1 aromatic carbocycles. The second-order valence-corrected chi connectivity index (χ2v) is 4.89. The normalized spacial score (nSPS) is 11.7. The number of aliphatic carboxylic acids is 1. The lowest BCUT2D eigenvalue weighted by atomic mass is 10.0. The topological polar surface area (TPSA) is 105 Å². The molecule has 1 heterocycles. The van der Waals surface area contributed by atoms with Crippen LogP contribution in [0.4, 0.5) is 0 Å². The summed E-state index contributed by atoms with van der Waals surface area (Å²) in [6.45, 7) is 0.388. The van der Waals surface area contributed by atoms with Crippen LogP contribution in [0.1, 0.15) is 21.5 Å². The molecule has 1 unspecified atom stereocenters. The number of pyridine rings is 1. The van der Waals surface area contributed by atoms with Crippen LogP contribution < -0.4 is 11.1 Å². The van der Waals surface area contributed by atoms with Crippen LogP contribution in [0.3, 0.4) is 0 Å². The molecule has 0 spiro atoms. The van der Waals surface area contributed by atoms with E-state index in [1.807, 2.05) is 24.3 Å². The number of carbonyl (C=O) groups is 2. The van der Waals surface area contributed by atoms with Gasteiger partial charge < -0.3 is 16.2 Å². The molecular formula is C16H17N3O3. The molecule has 6 nitrogen and oxygen atoms in total. The second-order valence-electron chi connectivity index (χ2n) is 4.89. The molecular weight excluding hydrogens is 282 g/mol. The Balaban J connectivity index is 1.89. The van der Waals surface area contributed by atoms with Crippen LogP contribution in [0.15, 0.2) is 48.8 Å². The van der Waals surface area contributed by atoms with Gasteiger partial charge in [-0.2, -0.15) is 0 Å². The number of rotatable bonds is 6. The zero-order valence-corrected chi connectivity index (χ0v) is 11.9. The van der Waals surface area contributed by atoms with E-state index in [9.17, 15) is 9.59 Å². The van der Waals surface area contributed by atoms with Gasteiger partial charge in [-0.1, -0.05) is 24.3 Å². The van der Waals surface area contributed by atoms with Gasteiger partial charge in [-0.3, -0.25) is 14.6 Å². The number of amides is 1. The summed E-state index contributed by atoms with van der Waals surface area (Å²) in [5.41, 5.74) is 7.76. The number of aromatic nitrogens is 1. The number of nitrogens with one attached hydrogen (secondary N) is 1. The molecule has 22 heavy (non-hydrogen) atoms. The number of nitrogens with zero attached hydrogens (tertiary/aromatic N) is 1. The molecule has 0 radical (unpaired) electrons. The van der Waals surface area contributed by atoms with E-state index in [0.29, 0.717) is 12.1 Å². The van der Waals surface area contributed by atoms with Crippen molar-refractivity contribution in [3.63, 3.8) is 0 Å². The van der Waals surface area contributed by atoms with Crippen LogP contribution in [-0.4, -0.2) is 28.0 Å². The van der Waals surface area contributed by atoms with Gasteiger partial charge in [-0.15, -0.1) is 0 Å². The van der Waals surface area contributed by atoms with E-state index in [0.717, 1.165) is 11.1 Å². The number of carboxylic acid groups (broad SMARTS) is 1. The summed E-state index contributed by atoms with van der Waals surface area (Å²) in [7, 11) is 0. The predicted octanol–water partition coefficient (Wildman–Crippen LogP) is 0.966. The first-order valence-corrected chi connectivity index (χ1v) is 6.80. The standard InChI is InChI=1S/C16H17N3O3/c17-14(16(21)22)8-11-3-5-12(6-4-11)9-19-15(20)13-2-1-7-18-10-13/h1-7,10,14H,8-9,17H2,(H,19,20)(H,21,22). The Labute approximate surface area is 128 Å². The fraction of sp³-hybridized carbons (Fsp3) is 0.188. The highest BCUT2D eigenvalue weighted by atomic mass is 16.4. The predicted molar refractivity (Wildman–Crippen MR) is 81.2 cm³/mol. The molecule has 0 saturated carbocycles. The molecule has 0 aliphatic rings. The van der Waals surface area contributed by atoms with Crippen molar-refractivity contribution in [2.75, 3.05) is 0 Å². The van der Waals surface area contributed by atoms with Crippen molar-refractivity contribution in [3.8, 4) is 0 Å². The molecule has 0 aliphatic carbocycles. The van der Waals surface area contributed by atoms with Gasteiger partial charge in [0.1, 0.15) is 6.04 Å². The van der Waals surface area contributed by atoms with Crippen molar-refractivity contribution >= 4 is 11.9 Å². The minimum Gasteiger partial charge on any atom is -0.480 e. The second kappa shape index (κ2) is 7.33. The molecule has 0 bridgehead atoms. The van der Waals surface area contributed by atoms with E-state index < -0.39 is 12.0 Å². The Morgan fingerprint density at radius 3 is 2.45 bits per heavy atom. The van der Waals surface area contributed by atoms with Crippen LogP contribution in [0.5, 0.6) is 0 Å². The Kier molecular flexibility index (Phi) is 5.21. The minimum absolute atomic E-state index is 0.190. The summed E-state index contributed by atoms with van der Waals surface area (Å²) in [4.78, 5) is 26.5. The summed E-state index contributed by atoms with van der Waals surface area (Å²) in [6.07, 6.45) is 3.39. The van der Waals surface area contributed by atoms with E-state index in [1.165, 1.54) is 6.20 Å². The van der Waals surface area contributed by atoms with Gasteiger partial charge in [-0.25, -0.2) is 0 Å². The number of nitrogens with two attached hydrogens (primary N) is 1. The van der Waals surface area contributed by atoms with E-state index in [1.54, 1.807) is 18.3 Å². The lowest BCUT2D eigenvalue weighted by Crippen LogP contribution is -2.32. The third-order valence-corrected chi connectivity index (χ3v) is 3.17. The Bertz CT molecular complexity index is 641. The van der Waals surface area contributed by atoms with Gasteiger partial charge in [0.15, 0.2) is 0 Å². The van der Waals surface area contributed by atoms with Gasteiger partial charge in [0.25, 0.3) is 5.91 Å². The summed E-state index contributed by atoms with van der Waals surface area (Å²) in [5.74, 6) is -1.21. The molecule has 4 N–H and O–H groups in total. The first-order chi connectivity index (χ1) is 10.6. The Morgan fingerprint density at radius 1 is 1.18 bits per heavy atom. The van der Waals surface area contributed by atoms with Gasteiger partial charge in [0, 0.05) is 18.9 Å². The number of hydrogen-bond donors (Lipinski definition) is 3. The zero-order valence-electron chi connectivity index (χ0n) is 11.9. The van der Waals surface area contributed by atoms with Gasteiger partial charge in [0.2, 0.25) is 0 Å².